The highest BCUT2D eigenvalue weighted by Crippen LogP contribution is 2.30. The third kappa shape index (κ3) is 4.44. The minimum Gasteiger partial charge on any atom is -0.495 e. The van der Waals surface area contributed by atoms with E-state index in [0.29, 0.717) is 11.4 Å². The lowest BCUT2D eigenvalue weighted by molar-refractivity contribution is 0.222. The van der Waals surface area contributed by atoms with Crippen molar-refractivity contribution in [2.24, 2.45) is 0 Å². The smallest absolute Gasteiger partial charge is 0.322 e. The summed E-state index contributed by atoms with van der Waals surface area (Å²) in [7, 11) is 1.59. The molecule has 0 saturated heterocycles. The van der Waals surface area contributed by atoms with Gasteiger partial charge in [-0.15, -0.1) is 0 Å². The highest BCUT2D eigenvalue weighted by molar-refractivity contribution is 9.10. The molecular formula is C13H14BrClN4O2. The van der Waals surface area contributed by atoms with Crippen molar-refractivity contribution in [3.63, 3.8) is 0 Å². The van der Waals surface area contributed by atoms with Gasteiger partial charge in [0.1, 0.15) is 5.75 Å². The van der Waals surface area contributed by atoms with Crippen LogP contribution in [0.1, 0.15) is 13.8 Å². The molecule has 1 aromatic carbocycles. The van der Waals surface area contributed by atoms with Gasteiger partial charge in [-0.1, -0.05) is 15.9 Å². The van der Waals surface area contributed by atoms with Gasteiger partial charge in [0, 0.05) is 4.47 Å². The number of benzene rings is 1. The van der Waals surface area contributed by atoms with Crippen molar-refractivity contribution in [3.8, 4) is 11.8 Å². The predicted molar refractivity (Wildman–Crippen MR) is 84.6 cm³/mol. The van der Waals surface area contributed by atoms with E-state index in [0.717, 1.165) is 4.47 Å². The summed E-state index contributed by atoms with van der Waals surface area (Å²) in [5, 5.41) is 3.09. The zero-order valence-corrected chi connectivity index (χ0v) is 14.1. The number of nitrogens with one attached hydrogen (secondary N) is 1. The maximum Gasteiger partial charge on any atom is 0.322 e. The molecule has 2 rings (SSSR count). The molecule has 0 spiro atoms. The van der Waals surface area contributed by atoms with Crippen LogP contribution in [-0.2, 0) is 0 Å². The number of nitrogens with zero attached hydrogens (tertiary/aromatic N) is 3. The van der Waals surface area contributed by atoms with E-state index in [9.17, 15) is 0 Å². The molecule has 8 heteroatoms. The summed E-state index contributed by atoms with van der Waals surface area (Å²) in [6.45, 7) is 3.75. The maximum absolute atomic E-state index is 5.88. The van der Waals surface area contributed by atoms with Crippen LogP contribution in [0.25, 0.3) is 0 Å². The third-order valence-corrected chi connectivity index (χ3v) is 3.00. The molecule has 6 nitrogen and oxygen atoms in total. The molecule has 0 aliphatic rings. The van der Waals surface area contributed by atoms with E-state index in [-0.39, 0.29) is 23.3 Å². The second kappa shape index (κ2) is 6.91. The monoisotopic (exact) mass is 372 g/mol. The molecule has 0 aliphatic heterocycles. The molecule has 1 heterocycles. The summed E-state index contributed by atoms with van der Waals surface area (Å²) in [5.41, 5.74) is 0.699. The number of ether oxygens (including phenoxy) is 2. The highest BCUT2D eigenvalue weighted by atomic mass is 79.9. The molecule has 0 atom stereocenters. The van der Waals surface area contributed by atoms with Crippen LogP contribution in [0, 0.1) is 0 Å². The van der Waals surface area contributed by atoms with Crippen LogP contribution >= 0.6 is 27.5 Å². The fraction of sp³-hybridized carbons (Fsp3) is 0.308. The molecule has 21 heavy (non-hydrogen) atoms. The van der Waals surface area contributed by atoms with Crippen molar-refractivity contribution >= 4 is 39.2 Å². The summed E-state index contributed by atoms with van der Waals surface area (Å²) >= 11 is 9.28. The lowest BCUT2D eigenvalue weighted by Gasteiger charge is -2.12. The average Bonchev–Trinajstić information content (AvgIpc) is 2.37. The fourth-order valence-electron chi connectivity index (χ4n) is 1.55. The van der Waals surface area contributed by atoms with E-state index in [4.69, 9.17) is 21.1 Å². The molecule has 0 saturated carbocycles. The molecule has 0 radical (unpaired) electrons. The summed E-state index contributed by atoms with van der Waals surface area (Å²) in [6, 6.07) is 5.71. The number of hydrogen-bond donors (Lipinski definition) is 1. The lowest BCUT2D eigenvalue weighted by atomic mass is 10.3. The fourth-order valence-corrected chi connectivity index (χ4v) is 2.06. The first-order valence-electron chi connectivity index (χ1n) is 6.16. The molecule has 112 valence electrons. The first kappa shape index (κ1) is 15.8. The molecule has 0 amide bonds. The van der Waals surface area contributed by atoms with Crippen LogP contribution in [0.15, 0.2) is 22.7 Å². The topological polar surface area (TPSA) is 69.2 Å². The van der Waals surface area contributed by atoms with Crippen LogP contribution in [0.3, 0.4) is 0 Å². The Morgan fingerprint density at radius 1 is 1.24 bits per heavy atom. The zero-order valence-electron chi connectivity index (χ0n) is 11.7. The Balaban J connectivity index is 2.31. The van der Waals surface area contributed by atoms with E-state index in [1.807, 2.05) is 32.0 Å². The van der Waals surface area contributed by atoms with Gasteiger partial charge in [-0.05, 0) is 43.6 Å². The Bertz CT molecular complexity index is 640. The Morgan fingerprint density at radius 3 is 2.67 bits per heavy atom. The first-order chi connectivity index (χ1) is 9.97. The lowest BCUT2D eigenvalue weighted by Crippen LogP contribution is -2.10. The largest absolute Gasteiger partial charge is 0.495 e. The number of anilines is 2. The van der Waals surface area contributed by atoms with Gasteiger partial charge in [-0.25, -0.2) is 0 Å². The Morgan fingerprint density at radius 2 is 2.00 bits per heavy atom. The van der Waals surface area contributed by atoms with Crippen LogP contribution in [0.4, 0.5) is 11.6 Å². The van der Waals surface area contributed by atoms with Gasteiger partial charge < -0.3 is 14.8 Å². The molecule has 1 N–H and O–H groups in total. The van der Waals surface area contributed by atoms with Gasteiger partial charge in [0.05, 0.1) is 18.9 Å². The Kier molecular flexibility index (Phi) is 5.19. The van der Waals surface area contributed by atoms with Crippen LogP contribution in [0.5, 0.6) is 11.8 Å². The van der Waals surface area contributed by atoms with Crippen molar-refractivity contribution in [1.29, 1.82) is 0 Å². The third-order valence-electron chi connectivity index (χ3n) is 2.34. The van der Waals surface area contributed by atoms with Gasteiger partial charge in [0.15, 0.2) is 0 Å². The summed E-state index contributed by atoms with van der Waals surface area (Å²) < 4.78 is 11.6. The van der Waals surface area contributed by atoms with Crippen molar-refractivity contribution in [2.75, 3.05) is 12.4 Å². The highest BCUT2D eigenvalue weighted by Gasteiger charge is 2.10. The number of hydrogen-bond acceptors (Lipinski definition) is 6. The standard InChI is InChI=1S/C13H14BrClN4O2/c1-7(2)21-13-18-11(15)17-12(19-13)16-9-6-8(14)4-5-10(9)20-3/h4-7H,1-3H3,(H,16,17,18,19). The van der Waals surface area contributed by atoms with Crippen LogP contribution in [0.2, 0.25) is 5.28 Å². The van der Waals surface area contributed by atoms with Gasteiger partial charge >= 0.3 is 6.01 Å². The average molecular weight is 374 g/mol. The normalized spacial score (nSPS) is 10.6. The second-order valence-corrected chi connectivity index (χ2v) is 5.60. The molecule has 0 unspecified atom stereocenters. The van der Waals surface area contributed by atoms with E-state index >= 15 is 0 Å². The van der Waals surface area contributed by atoms with Crippen LogP contribution in [-0.4, -0.2) is 28.2 Å². The quantitative estimate of drug-likeness (QED) is 0.859. The van der Waals surface area contributed by atoms with Gasteiger partial charge in [-0.2, -0.15) is 15.0 Å². The number of methoxy groups -OCH3 is 1. The van der Waals surface area contributed by atoms with Crippen molar-refractivity contribution in [3.05, 3.63) is 28.0 Å². The van der Waals surface area contributed by atoms with Gasteiger partial charge in [0.25, 0.3) is 0 Å². The van der Waals surface area contributed by atoms with E-state index in [1.165, 1.54) is 0 Å². The summed E-state index contributed by atoms with van der Waals surface area (Å²) in [5.74, 6) is 0.933. The maximum atomic E-state index is 5.88. The number of aromatic nitrogens is 3. The Hall–Kier alpha value is -1.60. The van der Waals surface area contributed by atoms with E-state index in [2.05, 4.69) is 36.2 Å². The number of rotatable bonds is 5. The summed E-state index contributed by atoms with van der Waals surface area (Å²) in [6.07, 6.45) is -0.0586. The summed E-state index contributed by atoms with van der Waals surface area (Å²) in [4.78, 5) is 12.1. The van der Waals surface area contributed by atoms with Crippen molar-refractivity contribution in [2.45, 2.75) is 20.0 Å². The molecule has 0 fully saturated rings. The van der Waals surface area contributed by atoms with Crippen molar-refractivity contribution in [1.82, 2.24) is 15.0 Å². The van der Waals surface area contributed by atoms with Crippen molar-refractivity contribution < 1.29 is 9.47 Å². The van der Waals surface area contributed by atoms with Gasteiger partial charge in [-0.3, -0.25) is 0 Å². The minimum absolute atomic E-state index is 0.0529. The SMILES string of the molecule is COc1ccc(Br)cc1Nc1nc(Cl)nc(OC(C)C)n1. The Labute approximate surface area is 136 Å². The van der Waals surface area contributed by atoms with E-state index < -0.39 is 0 Å². The zero-order chi connectivity index (χ0) is 15.4. The molecule has 0 aliphatic carbocycles. The van der Waals surface area contributed by atoms with Gasteiger partial charge in [0.2, 0.25) is 11.2 Å². The molecule has 1 aromatic heterocycles. The molecular weight excluding hydrogens is 360 g/mol. The number of halogens is 2. The first-order valence-corrected chi connectivity index (χ1v) is 7.34. The molecule has 2 aromatic rings. The second-order valence-electron chi connectivity index (χ2n) is 4.35. The van der Waals surface area contributed by atoms with E-state index in [1.54, 1.807) is 7.11 Å². The predicted octanol–water partition coefficient (Wildman–Crippen LogP) is 3.83. The van der Waals surface area contributed by atoms with Crippen LogP contribution < -0.4 is 14.8 Å². The minimum atomic E-state index is -0.0586. The molecule has 0 bridgehead atoms.